The maximum Gasteiger partial charge on any atom is 0.243 e. The molecule has 0 aliphatic heterocycles. The maximum absolute atomic E-state index is 12.3. The standard InChI is InChI=1S/C14H22N2O2S/c1-12(2)11-16(4)19(17,18)14-7-5-13(6-8-14)9-10-15-3/h5-8,15H,1,9-11H2,2-4H3. The van der Waals surface area contributed by atoms with Crippen molar-refractivity contribution in [1.82, 2.24) is 9.62 Å². The van der Waals surface area contributed by atoms with Crippen LogP contribution in [-0.2, 0) is 16.4 Å². The quantitative estimate of drug-likeness (QED) is 0.774. The van der Waals surface area contributed by atoms with Crippen molar-refractivity contribution in [2.45, 2.75) is 18.2 Å². The smallest absolute Gasteiger partial charge is 0.243 e. The highest BCUT2D eigenvalue weighted by Crippen LogP contribution is 2.16. The van der Waals surface area contributed by atoms with E-state index in [9.17, 15) is 8.42 Å². The molecular formula is C14H22N2O2S. The highest BCUT2D eigenvalue weighted by Gasteiger charge is 2.20. The lowest BCUT2D eigenvalue weighted by Crippen LogP contribution is -2.28. The number of nitrogens with one attached hydrogen (secondary N) is 1. The molecule has 106 valence electrons. The van der Waals surface area contributed by atoms with E-state index in [0.29, 0.717) is 11.4 Å². The Kier molecular flexibility index (Phi) is 5.72. The molecule has 0 fully saturated rings. The summed E-state index contributed by atoms with van der Waals surface area (Å²) in [5.74, 6) is 0. The van der Waals surface area contributed by atoms with Gasteiger partial charge in [0.2, 0.25) is 10.0 Å². The van der Waals surface area contributed by atoms with Crippen LogP contribution in [0.1, 0.15) is 12.5 Å². The molecule has 0 aliphatic rings. The maximum atomic E-state index is 12.3. The summed E-state index contributed by atoms with van der Waals surface area (Å²) in [6.07, 6.45) is 0.887. The molecule has 0 saturated carbocycles. The highest BCUT2D eigenvalue weighted by atomic mass is 32.2. The molecule has 0 spiro atoms. The summed E-state index contributed by atoms with van der Waals surface area (Å²) in [6.45, 7) is 6.76. The minimum Gasteiger partial charge on any atom is -0.319 e. The van der Waals surface area contributed by atoms with Crippen molar-refractivity contribution >= 4 is 10.0 Å². The molecule has 4 nitrogen and oxygen atoms in total. The average molecular weight is 282 g/mol. The first-order chi connectivity index (χ1) is 8.87. The molecule has 1 aromatic rings. The van der Waals surface area contributed by atoms with Crippen molar-refractivity contribution < 1.29 is 8.42 Å². The molecule has 0 amide bonds. The molecular weight excluding hydrogens is 260 g/mol. The van der Waals surface area contributed by atoms with Crippen molar-refractivity contribution in [3.8, 4) is 0 Å². The third-order valence-corrected chi connectivity index (χ3v) is 4.61. The Morgan fingerprint density at radius 3 is 2.37 bits per heavy atom. The molecule has 1 aromatic carbocycles. The number of likely N-dealkylation sites (N-methyl/N-ethyl adjacent to an activating group) is 2. The van der Waals surface area contributed by atoms with Gasteiger partial charge in [0.1, 0.15) is 0 Å². The molecule has 19 heavy (non-hydrogen) atoms. The molecule has 0 heterocycles. The second-order valence-corrected chi connectivity index (χ2v) is 6.76. The fourth-order valence-electron chi connectivity index (χ4n) is 1.74. The van der Waals surface area contributed by atoms with Crippen LogP contribution in [0.5, 0.6) is 0 Å². The molecule has 0 aromatic heterocycles. The number of benzene rings is 1. The van der Waals surface area contributed by atoms with Gasteiger partial charge in [-0.25, -0.2) is 8.42 Å². The van der Waals surface area contributed by atoms with Crippen molar-refractivity contribution in [2.75, 3.05) is 27.2 Å². The van der Waals surface area contributed by atoms with E-state index in [1.807, 2.05) is 26.1 Å². The van der Waals surface area contributed by atoms with Gasteiger partial charge in [-0.1, -0.05) is 24.3 Å². The predicted molar refractivity (Wildman–Crippen MR) is 78.7 cm³/mol. The van der Waals surface area contributed by atoms with Crippen molar-refractivity contribution in [1.29, 1.82) is 0 Å². The van der Waals surface area contributed by atoms with Crippen molar-refractivity contribution in [2.24, 2.45) is 0 Å². The number of hydrogen-bond donors (Lipinski definition) is 1. The fourth-order valence-corrected chi connectivity index (χ4v) is 2.97. The van der Waals surface area contributed by atoms with Crippen molar-refractivity contribution in [3.63, 3.8) is 0 Å². The number of sulfonamides is 1. The van der Waals surface area contributed by atoms with E-state index in [0.717, 1.165) is 24.1 Å². The van der Waals surface area contributed by atoms with E-state index in [1.165, 1.54) is 4.31 Å². The summed E-state index contributed by atoms with van der Waals surface area (Å²) in [7, 11) is 0.0482. The van der Waals surface area contributed by atoms with Crippen LogP contribution >= 0.6 is 0 Å². The molecule has 0 unspecified atom stereocenters. The predicted octanol–water partition coefficient (Wildman–Crippen LogP) is 1.65. The number of nitrogens with zero attached hydrogens (tertiary/aromatic N) is 1. The summed E-state index contributed by atoms with van der Waals surface area (Å²) < 4.78 is 25.8. The van der Waals surface area contributed by atoms with Crippen LogP contribution in [0.3, 0.4) is 0 Å². The number of rotatable bonds is 7. The Balaban J connectivity index is 2.87. The molecule has 0 bridgehead atoms. The van der Waals surface area contributed by atoms with Gasteiger partial charge in [0.15, 0.2) is 0 Å². The van der Waals surface area contributed by atoms with Crippen LogP contribution in [0.4, 0.5) is 0 Å². The second-order valence-electron chi connectivity index (χ2n) is 4.72. The largest absolute Gasteiger partial charge is 0.319 e. The third-order valence-electron chi connectivity index (χ3n) is 2.79. The molecule has 5 heteroatoms. The summed E-state index contributed by atoms with van der Waals surface area (Å²) in [6, 6.07) is 7.04. The third kappa shape index (κ3) is 4.45. The fraction of sp³-hybridized carbons (Fsp3) is 0.429. The Bertz CT molecular complexity index is 521. The lowest BCUT2D eigenvalue weighted by atomic mass is 10.1. The van der Waals surface area contributed by atoms with Crippen LogP contribution in [0.2, 0.25) is 0 Å². The average Bonchev–Trinajstić information content (AvgIpc) is 2.36. The molecule has 0 atom stereocenters. The Hall–Kier alpha value is -1.17. The van der Waals surface area contributed by atoms with E-state index in [1.54, 1.807) is 19.2 Å². The summed E-state index contributed by atoms with van der Waals surface area (Å²) >= 11 is 0. The van der Waals surface area contributed by atoms with Crippen LogP contribution in [-0.4, -0.2) is 39.9 Å². The lowest BCUT2D eigenvalue weighted by molar-refractivity contribution is 0.493. The monoisotopic (exact) mass is 282 g/mol. The van der Waals surface area contributed by atoms with Gasteiger partial charge in [-0.2, -0.15) is 4.31 Å². The molecule has 0 aliphatic carbocycles. The van der Waals surface area contributed by atoms with Gasteiger partial charge < -0.3 is 5.32 Å². The molecule has 0 radical (unpaired) electrons. The molecule has 1 rings (SSSR count). The normalized spacial score (nSPS) is 11.8. The summed E-state index contributed by atoms with van der Waals surface area (Å²) in [5, 5.41) is 3.06. The minimum atomic E-state index is -3.41. The topological polar surface area (TPSA) is 49.4 Å². The van der Waals surface area contributed by atoms with E-state index in [2.05, 4.69) is 11.9 Å². The first kappa shape index (κ1) is 15.9. The second kappa shape index (κ2) is 6.84. The Morgan fingerprint density at radius 2 is 1.89 bits per heavy atom. The summed E-state index contributed by atoms with van der Waals surface area (Å²) in [5.41, 5.74) is 1.94. The van der Waals surface area contributed by atoms with Crippen LogP contribution in [0, 0.1) is 0 Å². The van der Waals surface area contributed by atoms with Gasteiger partial charge in [0, 0.05) is 13.6 Å². The van der Waals surface area contributed by atoms with E-state index < -0.39 is 10.0 Å². The lowest BCUT2D eigenvalue weighted by Gasteiger charge is -2.17. The van der Waals surface area contributed by atoms with Crippen LogP contribution in [0.15, 0.2) is 41.3 Å². The van der Waals surface area contributed by atoms with Crippen LogP contribution in [0.25, 0.3) is 0 Å². The highest BCUT2D eigenvalue weighted by molar-refractivity contribution is 7.89. The zero-order valence-corrected chi connectivity index (χ0v) is 12.6. The first-order valence-corrected chi connectivity index (χ1v) is 7.66. The van der Waals surface area contributed by atoms with Gasteiger partial charge in [-0.05, 0) is 44.6 Å². The summed E-state index contributed by atoms with van der Waals surface area (Å²) in [4.78, 5) is 0.324. The van der Waals surface area contributed by atoms with E-state index in [-0.39, 0.29) is 0 Å². The zero-order chi connectivity index (χ0) is 14.5. The van der Waals surface area contributed by atoms with Gasteiger partial charge in [-0.3, -0.25) is 0 Å². The zero-order valence-electron chi connectivity index (χ0n) is 11.8. The van der Waals surface area contributed by atoms with Gasteiger partial charge in [-0.15, -0.1) is 0 Å². The van der Waals surface area contributed by atoms with Gasteiger partial charge in [0.05, 0.1) is 4.90 Å². The number of hydrogen-bond acceptors (Lipinski definition) is 3. The van der Waals surface area contributed by atoms with E-state index in [4.69, 9.17) is 0 Å². The SMILES string of the molecule is C=C(C)CN(C)S(=O)(=O)c1ccc(CCNC)cc1. The van der Waals surface area contributed by atoms with Crippen molar-refractivity contribution in [3.05, 3.63) is 42.0 Å². The minimum absolute atomic E-state index is 0.324. The van der Waals surface area contributed by atoms with Gasteiger partial charge in [0.25, 0.3) is 0 Å². The van der Waals surface area contributed by atoms with E-state index >= 15 is 0 Å². The van der Waals surface area contributed by atoms with Gasteiger partial charge >= 0.3 is 0 Å². The molecule has 1 N–H and O–H groups in total. The Morgan fingerprint density at radius 1 is 1.32 bits per heavy atom. The van der Waals surface area contributed by atoms with Crippen LogP contribution < -0.4 is 5.32 Å². The Labute approximate surface area is 116 Å². The molecule has 0 saturated heterocycles. The first-order valence-electron chi connectivity index (χ1n) is 6.22.